The molecule has 1 heterocycles. The average molecular weight is 403 g/mol. The van der Waals surface area contributed by atoms with Gasteiger partial charge in [0, 0.05) is 24.2 Å². The molecule has 0 N–H and O–H groups in total. The van der Waals surface area contributed by atoms with E-state index in [2.05, 4.69) is 11.8 Å². The topological polar surface area (TPSA) is 42.0 Å². The molecule has 150 valence electrons. The first-order valence-corrected chi connectivity index (χ1v) is 9.78. The van der Waals surface area contributed by atoms with E-state index >= 15 is 0 Å². The second-order valence-corrected chi connectivity index (χ2v) is 7.62. The van der Waals surface area contributed by atoms with Gasteiger partial charge < -0.3 is 14.4 Å². The van der Waals surface area contributed by atoms with Gasteiger partial charge in [-0.3, -0.25) is 9.69 Å². The molecule has 2 aromatic carbocycles. The zero-order valence-electron chi connectivity index (χ0n) is 16.9. The number of ether oxygens (including phenoxy) is 2. The quantitative estimate of drug-likeness (QED) is 0.734. The number of likely N-dealkylation sites (N-methyl/N-ethyl adjacent to an activating group) is 1. The zero-order chi connectivity index (χ0) is 20.3. The number of carbonyl (C=O) groups is 1. The fourth-order valence-electron chi connectivity index (χ4n) is 3.54. The second-order valence-electron chi connectivity index (χ2n) is 7.18. The van der Waals surface area contributed by atoms with Gasteiger partial charge in [0.25, 0.3) is 0 Å². The normalized spacial score (nSPS) is 14.6. The molecule has 0 radical (unpaired) electrons. The summed E-state index contributed by atoms with van der Waals surface area (Å²) in [4.78, 5) is 16.9. The van der Waals surface area contributed by atoms with E-state index in [1.165, 1.54) is 5.56 Å². The van der Waals surface area contributed by atoms with Crippen molar-refractivity contribution >= 4 is 17.5 Å². The average Bonchev–Trinajstić information content (AvgIpc) is 2.72. The molecule has 0 saturated carbocycles. The van der Waals surface area contributed by atoms with Crippen molar-refractivity contribution in [2.45, 2.75) is 25.9 Å². The summed E-state index contributed by atoms with van der Waals surface area (Å²) in [5.41, 5.74) is 3.47. The van der Waals surface area contributed by atoms with Gasteiger partial charge in [0.2, 0.25) is 5.91 Å². The first-order chi connectivity index (χ1) is 13.4. The number of nitrogens with zero attached hydrogens (tertiary/aromatic N) is 2. The number of hydrogen-bond donors (Lipinski definition) is 0. The van der Waals surface area contributed by atoms with Crippen molar-refractivity contribution in [1.82, 2.24) is 9.80 Å². The Labute approximate surface area is 171 Å². The van der Waals surface area contributed by atoms with Gasteiger partial charge in [0.05, 0.1) is 20.8 Å². The van der Waals surface area contributed by atoms with Crippen molar-refractivity contribution in [3.05, 3.63) is 58.1 Å². The van der Waals surface area contributed by atoms with E-state index in [-0.39, 0.29) is 11.9 Å². The monoisotopic (exact) mass is 402 g/mol. The van der Waals surface area contributed by atoms with Crippen LogP contribution in [0.25, 0.3) is 0 Å². The van der Waals surface area contributed by atoms with E-state index in [0.717, 1.165) is 23.3 Å². The van der Waals surface area contributed by atoms with Gasteiger partial charge in [-0.05, 0) is 61.3 Å². The lowest BCUT2D eigenvalue weighted by Crippen LogP contribution is -2.42. The minimum absolute atomic E-state index is 0.127. The predicted molar refractivity (Wildman–Crippen MR) is 111 cm³/mol. The molecule has 6 heteroatoms. The van der Waals surface area contributed by atoms with Crippen LogP contribution in [-0.2, 0) is 17.8 Å². The van der Waals surface area contributed by atoms with E-state index in [9.17, 15) is 4.79 Å². The summed E-state index contributed by atoms with van der Waals surface area (Å²) >= 11 is 5.97. The third-order valence-corrected chi connectivity index (χ3v) is 5.72. The van der Waals surface area contributed by atoms with Gasteiger partial charge in [-0.1, -0.05) is 23.7 Å². The third-order valence-electron chi connectivity index (χ3n) is 5.47. The van der Waals surface area contributed by atoms with Crippen molar-refractivity contribution in [3.8, 4) is 11.5 Å². The van der Waals surface area contributed by atoms with Gasteiger partial charge >= 0.3 is 0 Å². The van der Waals surface area contributed by atoms with E-state index < -0.39 is 0 Å². The summed E-state index contributed by atoms with van der Waals surface area (Å²) in [6.45, 7) is 3.77. The molecule has 1 unspecified atom stereocenters. The first kappa shape index (κ1) is 20.5. The highest BCUT2D eigenvalue weighted by Gasteiger charge is 2.24. The van der Waals surface area contributed by atoms with Gasteiger partial charge in [0.1, 0.15) is 0 Å². The molecule has 2 aromatic rings. The highest BCUT2D eigenvalue weighted by molar-refractivity contribution is 6.30. The number of amides is 1. The second kappa shape index (κ2) is 8.84. The van der Waals surface area contributed by atoms with Crippen molar-refractivity contribution in [1.29, 1.82) is 0 Å². The van der Waals surface area contributed by atoms with Crippen molar-refractivity contribution < 1.29 is 14.3 Å². The Hall–Kier alpha value is -2.24. The molecule has 0 bridgehead atoms. The minimum Gasteiger partial charge on any atom is -0.493 e. The van der Waals surface area contributed by atoms with Crippen molar-refractivity contribution in [3.63, 3.8) is 0 Å². The Bertz CT molecular complexity index is 838. The highest BCUT2D eigenvalue weighted by atomic mass is 35.5. The van der Waals surface area contributed by atoms with Gasteiger partial charge in [-0.25, -0.2) is 0 Å². The molecule has 0 saturated heterocycles. The Morgan fingerprint density at radius 2 is 1.75 bits per heavy atom. The van der Waals surface area contributed by atoms with Gasteiger partial charge in [-0.2, -0.15) is 0 Å². The van der Waals surface area contributed by atoms with E-state index in [1.807, 2.05) is 48.3 Å². The number of rotatable bonds is 6. The standard InChI is InChI=1S/C22H27ClN2O3/c1-15(16-5-7-19(23)8-6-16)24(2)14-22(26)25-10-9-17-11-20(27-3)21(28-4)12-18(17)13-25/h5-8,11-12,15H,9-10,13-14H2,1-4H3. The molecule has 1 aliphatic heterocycles. The SMILES string of the molecule is COc1cc2c(cc1OC)CN(C(=O)CN(C)C(C)c1ccc(Cl)cc1)CC2. The Kier molecular flexibility index (Phi) is 6.47. The van der Waals surface area contributed by atoms with Crippen LogP contribution in [0.2, 0.25) is 5.02 Å². The lowest BCUT2D eigenvalue weighted by Gasteiger charge is -2.32. The fourth-order valence-corrected chi connectivity index (χ4v) is 3.67. The molecule has 5 nitrogen and oxygen atoms in total. The van der Waals surface area contributed by atoms with E-state index in [1.54, 1.807) is 14.2 Å². The number of fused-ring (bicyclic) bond motifs is 1. The van der Waals surface area contributed by atoms with E-state index in [4.69, 9.17) is 21.1 Å². The Balaban J connectivity index is 1.66. The summed E-state index contributed by atoms with van der Waals surface area (Å²) in [7, 11) is 5.24. The zero-order valence-corrected chi connectivity index (χ0v) is 17.6. The molecule has 1 atom stereocenters. The van der Waals surface area contributed by atoms with Crippen molar-refractivity contribution in [2.75, 3.05) is 34.4 Å². The van der Waals surface area contributed by atoms with Gasteiger partial charge in [0.15, 0.2) is 11.5 Å². The van der Waals surface area contributed by atoms with Crippen LogP contribution < -0.4 is 9.47 Å². The maximum absolute atomic E-state index is 12.9. The number of hydrogen-bond acceptors (Lipinski definition) is 4. The third kappa shape index (κ3) is 4.42. The minimum atomic E-state index is 0.127. The maximum atomic E-state index is 12.9. The Morgan fingerprint density at radius 1 is 1.14 bits per heavy atom. The molecule has 1 aliphatic rings. The molecule has 1 amide bonds. The van der Waals surface area contributed by atoms with Crippen LogP contribution in [0.15, 0.2) is 36.4 Å². The summed E-state index contributed by atoms with van der Waals surface area (Å²) in [5, 5.41) is 0.716. The molecule has 0 aliphatic carbocycles. The van der Waals surface area contributed by atoms with Crippen LogP contribution in [0.5, 0.6) is 11.5 Å². The van der Waals surface area contributed by atoms with Crippen LogP contribution in [0, 0.1) is 0 Å². The van der Waals surface area contributed by atoms with Crippen molar-refractivity contribution in [2.24, 2.45) is 0 Å². The summed E-state index contributed by atoms with van der Waals surface area (Å²) in [5.74, 6) is 1.56. The lowest BCUT2D eigenvalue weighted by molar-refractivity contribution is -0.133. The predicted octanol–water partition coefficient (Wildman–Crippen LogP) is 3.93. The van der Waals surface area contributed by atoms with Crippen LogP contribution in [-0.4, -0.2) is 50.1 Å². The summed E-state index contributed by atoms with van der Waals surface area (Å²) in [6, 6.07) is 11.9. The molecule has 28 heavy (non-hydrogen) atoms. The van der Waals surface area contributed by atoms with E-state index in [0.29, 0.717) is 30.4 Å². The molecule has 0 fully saturated rings. The number of benzene rings is 2. The van der Waals surface area contributed by atoms with Crippen LogP contribution >= 0.6 is 11.6 Å². The molecule has 0 aromatic heterocycles. The highest BCUT2D eigenvalue weighted by Crippen LogP contribution is 2.33. The van der Waals surface area contributed by atoms with Gasteiger partial charge in [-0.15, -0.1) is 0 Å². The molecule has 0 spiro atoms. The smallest absolute Gasteiger partial charge is 0.237 e. The maximum Gasteiger partial charge on any atom is 0.237 e. The van der Waals surface area contributed by atoms with Crippen LogP contribution in [0.3, 0.4) is 0 Å². The number of carbonyl (C=O) groups excluding carboxylic acids is 1. The first-order valence-electron chi connectivity index (χ1n) is 9.40. The number of halogens is 1. The number of methoxy groups -OCH3 is 2. The lowest BCUT2D eigenvalue weighted by atomic mass is 9.98. The largest absolute Gasteiger partial charge is 0.493 e. The summed E-state index contributed by atoms with van der Waals surface area (Å²) in [6.07, 6.45) is 0.817. The Morgan fingerprint density at radius 3 is 2.36 bits per heavy atom. The van der Waals surface area contributed by atoms with Crippen LogP contribution in [0.4, 0.5) is 0 Å². The summed E-state index contributed by atoms with van der Waals surface area (Å²) < 4.78 is 10.8. The molecular formula is C22H27ClN2O3. The van der Waals surface area contributed by atoms with Crippen LogP contribution in [0.1, 0.15) is 29.7 Å². The molecular weight excluding hydrogens is 376 g/mol. The fraction of sp³-hybridized carbons (Fsp3) is 0.409. The molecule has 3 rings (SSSR count).